The predicted molar refractivity (Wildman–Crippen MR) is 163 cm³/mol. The molecule has 3 aromatic rings. The Morgan fingerprint density at radius 2 is 1.63 bits per heavy atom. The van der Waals surface area contributed by atoms with E-state index in [4.69, 9.17) is 44.9 Å². The van der Waals surface area contributed by atoms with Crippen molar-refractivity contribution in [1.82, 2.24) is 4.90 Å². The number of ether oxygens (including phenoxy) is 2. The molecule has 1 heterocycles. The minimum Gasteiger partial charge on any atom is -0.486 e. The second kappa shape index (κ2) is 12.5. The second-order valence-corrected chi connectivity index (χ2v) is 10.8. The molecular formula is C28H23Cl2IN2O4S. The Morgan fingerprint density at radius 3 is 2.21 bits per heavy atom. The van der Waals surface area contributed by atoms with Gasteiger partial charge in [0, 0.05) is 3.57 Å². The molecule has 0 saturated carbocycles. The number of hydrogen-bond acceptors (Lipinski definition) is 5. The van der Waals surface area contributed by atoms with Gasteiger partial charge in [-0.25, -0.2) is 0 Å². The van der Waals surface area contributed by atoms with Crippen molar-refractivity contribution >= 4 is 86.8 Å². The molecule has 0 radical (unpaired) electrons. The lowest BCUT2D eigenvalue weighted by atomic mass is 10.1. The maximum atomic E-state index is 13.6. The number of esters is 1. The monoisotopic (exact) mass is 680 g/mol. The number of carbonyl (C=O) groups excluding carboxylic acids is 2. The van der Waals surface area contributed by atoms with Crippen LogP contribution in [0, 0.1) is 3.57 Å². The zero-order valence-corrected chi connectivity index (χ0v) is 25.0. The number of halogens is 3. The lowest BCUT2D eigenvalue weighted by Crippen LogP contribution is -2.35. The van der Waals surface area contributed by atoms with Gasteiger partial charge in [0.1, 0.15) is 18.8 Å². The van der Waals surface area contributed by atoms with E-state index in [0.717, 1.165) is 21.1 Å². The molecule has 0 N–H and O–H groups in total. The highest BCUT2D eigenvalue weighted by molar-refractivity contribution is 14.1. The number of amides is 1. The molecule has 0 atom stereocenters. The summed E-state index contributed by atoms with van der Waals surface area (Å²) in [5, 5.41) is 0.745. The summed E-state index contributed by atoms with van der Waals surface area (Å²) in [6, 6.07) is 18.7. The van der Waals surface area contributed by atoms with Gasteiger partial charge in [-0.05, 0) is 100 Å². The van der Waals surface area contributed by atoms with Crippen LogP contribution in [0.3, 0.4) is 0 Å². The van der Waals surface area contributed by atoms with Gasteiger partial charge >= 0.3 is 5.97 Å². The van der Waals surface area contributed by atoms with Crippen LogP contribution < -0.4 is 9.64 Å². The van der Waals surface area contributed by atoms with Crippen molar-refractivity contribution in [2.45, 2.75) is 20.0 Å². The molecule has 1 aliphatic rings. The van der Waals surface area contributed by atoms with Crippen LogP contribution in [0.2, 0.25) is 10.0 Å². The van der Waals surface area contributed by atoms with E-state index in [2.05, 4.69) is 22.6 Å². The second-order valence-electron chi connectivity index (χ2n) is 8.36. The molecule has 1 aliphatic heterocycles. The molecule has 6 nitrogen and oxygen atoms in total. The molecule has 0 bridgehead atoms. The Bertz CT molecular complexity index is 1390. The van der Waals surface area contributed by atoms with Crippen LogP contribution in [0.15, 0.2) is 66.4 Å². The normalized spacial score (nSPS) is 14.4. The Labute approximate surface area is 250 Å². The van der Waals surface area contributed by atoms with E-state index in [1.165, 1.54) is 16.9 Å². The van der Waals surface area contributed by atoms with E-state index in [0.29, 0.717) is 23.6 Å². The van der Waals surface area contributed by atoms with Crippen LogP contribution in [0.1, 0.15) is 23.6 Å². The number of benzene rings is 3. The van der Waals surface area contributed by atoms with Gasteiger partial charge in [0.25, 0.3) is 5.91 Å². The summed E-state index contributed by atoms with van der Waals surface area (Å²) < 4.78 is 11.8. The molecule has 10 heteroatoms. The molecule has 1 fully saturated rings. The van der Waals surface area contributed by atoms with Gasteiger partial charge in [0.05, 0.1) is 22.8 Å². The Morgan fingerprint density at radius 1 is 1.03 bits per heavy atom. The summed E-state index contributed by atoms with van der Waals surface area (Å²) in [6.45, 7) is 2.12. The molecule has 3 aromatic carbocycles. The van der Waals surface area contributed by atoms with Crippen LogP contribution in [-0.2, 0) is 27.4 Å². The van der Waals surface area contributed by atoms with E-state index in [9.17, 15) is 9.59 Å². The number of anilines is 1. The number of thiocarbonyl (C=S) groups is 1. The summed E-state index contributed by atoms with van der Waals surface area (Å²) in [4.78, 5) is 28.6. The summed E-state index contributed by atoms with van der Waals surface area (Å²) in [5.41, 5.74) is 3.44. The molecule has 0 aromatic heterocycles. The van der Waals surface area contributed by atoms with E-state index < -0.39 is 5.97 Å². The van der Waals surface area contributed by atoms with Crippen molar-refractivity contribution in [1.29, 1.82) is 0 Å². The number of methoxy groups -OCH3 is 1. The average Bonchev–Trinajstić information content (AvgIpc) is 3.13. The van der Waals surface area contributed by atoms with Gasteiger partial charge in [-0.2, -0.15) is 0 Å². The van der Waals surface area contributed by atoms with Gasteiger partial charge in [-0.15, -0.1) is 0 Å². The van der Waals surface area contributed by atoms with Gasteiger partial charge < -0.3 is 14.4 Å². The molecule has 0 unspecified atom stereocenters. The summed E-state index contributed by atoms with van der Waals surface area (Å²) in [6.07, 6.45) is 2.46. The fraction of sp³-hybridized carbons (Fsp3) is 0.179. The van der Waals surface area contributed by atoms with Gasteiger partial charge in [0.2, 0.25) is 0 Å². The van der Waals surface area contributed by atoms with Crippen molar-refractivity contribution < 1.29 is 19.1 Å². The van der Waals surface area contributed by atoms with Crippen molar-refractivity contribution in [3.63, 3.8) is 0 Å². The predicted octanol–water partition coefficient (Wildman–Crippen LogP) is 6.89. The zero-order chi connectivity index (χ0) is 27.4. The third-order valence-corrected chi connectivity index (χ3v) is 7.56. The minimum atomic E-state index is -0.537. The van der Waals surface area contributed by atoms with Gasteiger partial charge in [-0.1, -0.05) is 54.4 Å². The number of rotatable bonds is 8. The van der Waals surface area contributed by atoms with Crippen LogP contribution >= 0.6 is 58.0 Å². The Hall–Kier alpha value is -2.66. The molecule has 0 spiro atoms. The minimum absolute atomic E-state index is 0.172. The summed E-state index contributed by atoms with van der Waals surface area (Å²) in [7, 11) is 1.28. The highest BCUT2D eigenvalue weighted by Gasteiger charge is 2.40. The molecule has 38 heavy (non-hydrogen) atoms. The molecule has 196 valence electrons. The number of carbonyl (C=O) groups is 2. The van der Waals surface area contributed by atoms with Crippen molar-refractivity contribution in [2.75, 3.05) is 18.6 Å². The first-order valence-electron chi connectivity index (χ1n) is 11.6. The first-order valence-corrected chi connectivity index (χ1v) is 13.9. The Kier molecular flexibility index (Phi) is 9.30. The van der Waals surface area contributed by atoms with E-state index in [1.54, 1.807) is 18.2 Å². The van der Waals surface area contributed by atoms with Gasteiger partial charge in [-0.3, -0.25) is 14.5 Å². The highest BCUT2D eigenvalue weighted by atomic mass is 127. The number of aryl methyl sites for hydroxylation is 1. The van der Waals surface area contributed by atoms with E-state index >= 15 is 0 Å². The quantitative estimate of drug-likeness (QED) is 0.112. The number of hydrogen-bond donors (Lipinski definition) is 0. The third-order valence-electron chi connectivity index (χ3n) is 5.87. The zero-order valence-electron chi connectivity index (χ0n) is 20.5. The van der Waals surface area contributed by atoms with Crippen LogP contribution in [-0.4, -0.2) is 35.5 Å². The standard InChI is InChI=1S/C28H23Cl2IN2O4S/c1-3-17-6-10-21(11-7-17)33-27(35)24(32(28(33)38)15-25(34)36-2)14-19-12-22(29)26(23(30)13-19)37-16-18-4-8-20(31)9-5-18/h4-14H,3,15-16H2,1-2H3/b24-14-. The van der Waals surface area contributed by atoms with Crippen LogP contribution in [0.25, 0.3) is 6.08 Å². The average molecular weight is 681 g/mol. The molecule has 0 aliphatic carbocycles. The summed E-state index contributed by atoms with van der Waals surface area (Å²) >= 11 is 20.9. The van der Waals surface area contributed by atoms with E-state index in [1.807, 2.05) is 55.5 Å². The molecule has 1 amide bonds. The van der Waals surface area contributed by atoms with Crippen molar-refractivity contribution in [3.8, 4) is 5.75 Å². The first-order chi connectivity index (χ1) is 18.2. The molecule has 1 saturated heterocycles. The van der Waals surface area contributed by atoms with Crippen molar-refractivity contribution in [3.05, 3.63) is 96.7 Å². The Balaban J connectivity index is 1.65. The summed E-state index contributed by atoms with van der Waals surface area (Å²) in [5.74, 6) is -0.578. The lowest BCUT2D eigenvalue weighted by molar-refractivity contribution is -0.140. The fourth-order valence-electron chi connectivity index (χ4n) is 3.83. The van der Waals surface area contributed by atoms with Gasteiger partial charge in [0.15, 0.2) is 10.9 Å². The molecule has 4 rings (SSSR count). The largest absolute Gasteiger partial charge is 0.486 e. The highest BCUT2D eigenvalue weighted by Crippen LogP contribution is 2.37. The SMILES string of the molecule is CCc1ccc(N2C(=O)/C(=C/c3cc(Cl)c(OCc4ccc(I)cc4)c(Cl)c3)N(CC(=O)OC)C2=S)cc1. The number of nitrogens with zero attached hydrogens (tertiary/aromatic N) is 2. The van der Waals surface area contributed by atoms with E-state index in [-0.39, 0.29) is 33.3 Å². The lowest BCUT2D eigenvalue weighted by Gasteiger charge is -2.19. The molecular weight excluding hydrogens is 658 g/mol. The fourth-order valence-corrected chi connectivity index (χ4v) is 5.15. The first kappa shape index (κ1) is 28.4. The van der Waals surface area contributed by atoms with Crippen molar-refractivity contribution in [2.24, 2.45) is 0 Å². The maximum absolute atomic E-state index is 13.6. The topological polar surface area (TPSA) is 59.1 Å². The smallest absolute Gasteiger partial charge is 0.325 e. The third kappa shape index (κ3) is 6.31. The maximum Gasteiger partial charge on any atom is 0.325 e. The van der Waals surface area contributed by atoms with Crippen LogP contribution in [0.5, 0.6) is 5.75 Å². The van der Waals surface area contributed by atoms with Crippen LogP contribution in [0.4, 0.5) is 5.69 Å².